The van der Waals surface area contributed by atoms with Crippen LogP contribution in [0.15, 0.2) is 54.6 Å². The van der Waals surface area contributed by atoms with Gasteiger partial charge in [0.05, 0.1) is 11.6 Å². The summed E-state index contributed by atoms with van der Waals surface area (Å²) in [6, 6.07) is 19.9. The number of nitriles is 1. The van der Waals surface area contributed by atoms with Crippen molar-refractivity contribution >= 4 is 5.78 Å². The van der Waals surface area contributed by atoms with Gasteiger partial charge >= 0.3 is 0 Å². The fraction of sp³-hybridized carbons (Fsp3) is 0.364. The second kappa shape index (κ2) is 7.93. The van der Waals surface area contributed by atoms with E-state index < -0.39 is 0 Å². The molecule has 0 saturated heterocycles. The van der Waals surface area contributed by atoms with Gasteiger partial charge in [0.25, 0.3) is 0 Å². The van der Waals surface area contributed by atoms with Gasteiger partial charge in [-0.25, -0.2) is 0 Å². The number of benzene rings is 2. The van der Waals surface area contributed by atoms with E-state index >= 15 is 0 Å². The maximum Gasteiger partial charge on any atom is 0.162 e. The lowest BCUT2D eigenvalue weighted by Gasteiger charge is -2.28. The molecule has 0 amide bonds. The van der Waals surface area contributed by atoms with E-state index in [2.05, 4.69) is 36.4 Å². The van der Waals surface area contributed by atoms with Gasteiger partial charge in [0, 0.05) is 12.0 Å². The number of Topliss-reactive ketones (excluding diaryl/α,β-unsaturated/α-hetero) is 1. The average molecular weight is 317 g/mol. The zero-order chi connectivity index (χ0) is 16.8. The monoisotopic (exact) mass is 317 g/mol. The minimum Gasteiger partial charge on any atom is -0.294 e. The summed E-state index contributed by atoms with van der Waals surface area (Å²) in [7, 11) is 0. The lowest BCUT2D eigenvalue weighted by molar-refractivity contribution is 0.0969. The highest BCUT2D eigenvalue weighted by Crippen LogP contribution is 2.37. The molecule has 122 valence electrons. The lowest BCUT2D eigenvalue weighted by Crippen LogP contribution is -2.14. The lowest BCUT2D eigenvalue weighted by atomic mass is 9.77. The highest BCUT2D eigenvalue weighted by molar-refractivity contribution is 5.96. The normalized spacial score (nSPS) is 20.3. The molecule has 0 unspecified atom stereocenters. The Bertz CT molecular complexity index is 721. The Morgan fingerprint density at radius 2 is 1.75 bits per heavy atom. The molecular weight excluding hydrogens is 294 g/mol. The van der Waals surface area contributed by atoms with E-state index in [1.165, 1.54) is 31.2 Å². The third-order valence-corrected chi connectivity index (χ3v) is 5.21. The van der Waals surface area contributed by atoms with E-state index in [1.54, 1.807) is 18.2 Å². The van der Waals surface area contributed by atoms with Crippen LogP contribution in [-0.4, -0.2) is 5.78 Å². The van der Waals surface area contributed by atoms with Crippen molar-refractivity contribution in [2.45, 2.75) is 44.4 Å². The molecule has 0 aliphatic heterocycles. The Hall–Kier alpha value is -2.40. The van der Waals surface area contributed by atoms with E-state index in [1.807, 2.05) is 6.07 Å². The molecule has 0 aromatic heterocycles. The first-order chi connectivity index (χ1) is 11.8. The molecule has 1 aliphatic rings. The zero-order valence-corrected chi connectivity index (χ0v) is 13.9. The SMILES string of the molecule is N#Cc1cccc(C(=O)CCC2CCC(c3ccccc3)CC2)c1. The summed E-state index contributed by atoms with van der Waals surface area (Å²) >= 11 is 0. The molecule has 0 heterocycles. The highest BCUT2D eigenvalue weighted by atomic mass is 16.1. The number of rotatable bonds is 5. The zero-order valence-electron chi connectivity index (χ0n) is 13.9. The van der Waals surface area contributed by atoms with Crippen molar-refractivity contribution < 1.29 is 4.79 Å². The molecule has 24 heavy (non-hydrogen) atoms. The van der Waals surface area contributed by atoms with Gasteiger partial charge in [0.2, 0.25) is 0 Å². The molecule has 0 spiro atoms. The van der Waals surface area contributed by atoms with Crippen LogP contribution in [0, 0.1) is 17.2 Å². The van der Waals surface area contributed by atoms with Gasteiger partial charge < -0.3 is 0 Å². The summed E-state index contributed by atoms with van der Waals surface area (Å²) in [6.07, 6.45) is 6.45. The molecule has 0 N–H and O–H groups in total. The van der Waals surface area contributed by atoms with Crippen LogP contribution >= 0.6 is 0 Å². The van der Waals surface area contributed by atoms with Crippen molar-refractivity contribution in [3.05, 3.63) is 71.3 Å². The molecule has 2 heteroatoms. The average Bonchev–Trinajstić information content (AvgIpc) is 2.67. The van der Waals surface area contributed by atoms with Crippen LogP contribution in [0.5, 0.6) is 0 Å². The van der Waals surface area contributed by atoms with Crippen molar-refractivity contribution in [1.82, 2.24) is 0 Å². The van der Waals surface area contributed by atoms with Crippen LogP contribution in [0.2, 0.25) is 0 Å². The third kappa shape index (κ3) is 4.11. The van der Waals surface area contributed by atoms with Crippen molar-refractivity contribution in [3.8, 4) is 6.07 Å². The molecule has 1 aliphatic carbocycles. The van der Waals surface area contributed by atoms with Crippen LogP contribution in [-0.2, 0) is 0 Å². The Kier molecular flexibility index (Phi) is 5.43. The number of nitrogens with zero attached hydrogens (tertiary/aromatic N) is 1. The number of ketones is 1. The molecule has 0 radical (unpaired) electrons. The first-order valence-electron chi connectivity index (χ1n) is 8.84. The third-order valence-electron chi connectivity index (χ3n) is 5.21. The van der Waals surface area contributed by atoms with E-state index in [-0.39, 0.29) is 5.78 Å². The summed E-state index contributed by atoms with van der Waals surface area (Å²) < 4.78 is 0. The molecule has 1 fully saturated rings. The van der Waals surface area contributed by atoms with Gasteiger partial charge in [0.15, 0.2) is 5.78 Å². The standard InChI is InChI=1S/C22H23NO/c23-16-18-5-4-8-21(15-18)22(24)14-11-17-9-12-20(13-10-17)19-6-2-1-3-7-19/h1-8,15,17,20H,9-14H2. The second-order valence-corrected chi connectivity index (χ2v) is 6.78. The molecule has 1 saturated carbocycles. The number of hydrogen-bond acceptors (Lipinski definition) is 2. The summed E-state index contributed by atoms with van der Waals surface area (Å²) in [5.74, 6) is 1.51. The number of carbonyl (C=O) groups is 1. The predicted molar refractivity (Wildman–Crippen MR) is 95.9 cm³/mol. The second-order valence-electron chi connectivity index (χ2n) is 6.78. The van der Waals surface area contributed by atoms with Crippen molar-refractivity contribution in [2.75, 3.05) is 0 Å². The maximum atomic E-state index is 12.3. The van der Waals surface area contributed by atoms with E-state index in [0.717, 1.165) is 6.42 Å². The fourth-order valence-electron chi connectivity index (χ4n) is 3.75. The molecule has 2 nitrogen and oxygen atoms in total. The molecule has 2 aromatic rings. The quantitative estimate of drug-likeness (QED) is 0.684. The summed E-state index contributed by atoms with van der Waals surface area (Å²) in [5.41, 5.74) is 2.69. The van der Waals surface area contributed by atoms with Gasteiger partial charge in [-0.05, 0) is 61.6 Å². The summed E-state index contributed by atoms with van der Waals surface area (Å²) in [6.45, 7) is 0. The Labute approximate surface area is 144 Å². The van der Waals surface area contributed by atoms with Crippen molar-refractivity contribution in [2.24, 2.45) is 5.92 Å². The fourth-order valence-corrected chi connectivity index (χ4v) is 3.75. The minimum atomic E-state index is 0.164. The first kappa shape index (κ1) is 16.5. The van der Waals surface area contributed by atoms with E-state index in [4.69, 9.17) is 5.26 Å². The summed E-state index contributed by atoms with van der Waals surface area (Å²) in [4.78, 5) is 12.3. The van der Waals surface area contributed by atoms with Gasteiger partial charge in [-0.1, -0.05) is 42.5 Å². The van der Waals surface area contributed by atoms with Crippen molar-refractivity contribution in [3.63, 3.8) is 0 Å². The first-order valence-corrected chi connectivity index (χ1v) is 8.84. The molecule has 0 atom stereocenters. The van der Waals surface area contributed by atoms with E-state index in [0.29, 0.717) is 29.4 Å². The smallest absolute Gasteiger partial charge is 0.162 e. The van der Waals surface area contributed by atoms with Gasteiger partial charge in [-0.2, -0.15) is 5.26 Å². The van der Waals surface area contributed by atoms with E-state index in [9.17, 15) is 4.79 Å². The number of carbonyl (C=O) groups excluding carboxylic acids is 1. The van der Waals surface area contributed by atoms with Gasteiger partial charge in [0.1, 0.15) is 0 Å². The molecular formula is C22H23NO. The van der Waals surface area contributed by atoms with Gasteiger partial charge in [-0.15, -0.1) is 0 Å². The van der Waals surface area contributed by atoms with Crippen LogP contribution in [0.4, 0.5) is 0 Å². The summed E-state index contributed by atoms with van der Waals surface area (Å²) in [5, 5.41) is 8.94. The molecule has 0 bridgehead atoms. The highest BCUT2D eigenvalue weighted by Gasteiger charge is 2.22. The van der Waals surface area contributed by atoms with Crippen LogP contribution in [0.1, 0.15) is 65.9 Å². The maximum absolute atomic E-state index is 12.3. The largest absolute Gasteiger partial charge is 0.294 e. The van der Waals surface area contributed by atoms with Crippen molar-refractivity contribution in [1.29, 1.82) is 5.26 Å². The van der Waals surface area contributed by atoms with Gasteiger partial charge in [-0.3, -0.25) is 4.79 Å². The minimum absolute atomic E-state index is 0.164. The Morgan fingerprint density at radius 3 is 2.46 bits per heavy atom. The predicted octanol–water partition coefficient (Wildman–Crippen LogP) is 5.50. The Morgan fingerprint density at radius 1 is 1.00 bits per heavy atom. The molecule has 2 aromatic carbocycles. The number of hydrogen-bond donors (Lipinski definition) is 0. The topological polar surface area (TPSA) is 40.9 Å². The van der Waals surface area contributed by atoms with Crippen LogP contribution in [0.25, 0.3) is 0 Å². The molecule has 3 rings (SSSR count). The van der Waals surface area contributed by atoms with Crippen LogP contribution in [0.3, 0.4) is 0 Å². The van der Waals surface area contributed by atoms with Crippen LogP contribution < -0.4 is 0 Å². The Balaban J connectivity index is 1.48.